The molecule has 0 N–H and O–H groups in total. The van der Waals surface area contributed by atoms with Crippen molar-refractivity contribution in [2.45, 2.75) is 25.4 Å². The Morgan fingerprint density at radius 2 is 1.94 bits per heavy atom. The minimum Gasteiger partial charge on any atom is -0.466 e. The smallest absolute Gasteiger partial charge is 0.416 e. The fourth-order valence-corrected chi connectivity index (χ4v) is 1.99. The molecule has 0 bridgehead atoms. The fourth-order valence-electron chi connectivity index (χ4n) is 1.99. The molecule has 0 amide bonds. The van der Waals surface area contributed by atoms with Crippen molar-refractivity contribution in [1.29, 1.82) is 0 Å². The molecule has 0 heterocycles. The van der Waals surface area contributed by atoms with Gasteiger partial charge in [-0.3, -0.25) is 4.79 Å². The van der Waals surface area contributed by atoms with E-state index in [2.05, 4.69) is 0 Å². The predicted molar refractivity (Wildman–Crippen MR) is 58.9 cm³/mol. The van der Waals surface area contributed by atoms with Crippen molar-refractivity contribution in [2.75, 3.05) is 6.61 Å². The van der Waals surface area contributed by atoms with Crippen molar-refractivity contribution in [3.63, 3.8) is 0 Å². The molecule has 0 radical (unpaired) electrons. The molecule has 1 aromatic carbocycles. The number of halogens is 3. The second kappa shape index (κ2) is 4.63. The van der Waals surface area contributed by atoms with Crippen LogP contribution in [-0.2, 0) is 15.7 Å². The minimum absolute atomic E-state index is 0.00586. The lowest BCUT2D eigenvalue weighted by molar-refractivity contribution is -0.144. The molecule has 2 rings (SSSR count). The molecule has 0 saturated heterocycles. The van der Waals surface area contributed by atoms with Gasteiger partial charge in [-0.2, -0.15) is 13.2 Å². The number of ether oxygens (including phenoxy) is 1. The number of hydrogen-bond acceptors (Lipinski definition) is 2. The molecule has 18 heavy (non-hydrogen) atoms. The first-order valence-electron chi connectivity index (χ1n) is 5.77. The highest BCUT2D eigenvalue weighted by molar-refractivity contribution is 5.77. The van der Waals surface area contributed by atoms with Crippen LogP contribution in [0, 0.1) is 5.92 Å². The summed E-state index contributed by atoms with van der Waals surface area (Å²) in [5, 5.41) is 0. The van der Waals surface area contributed by atoms with E-state index in [0.29, 0.717) is 13.0 Å². The quantitative estimate of drug-likeness (QED) is 0.777. The second-order valence-corrected chi connectivity index (χ2v) is 4.32. The maximum absolute atomic E-state index is 12.4. The predicted octanol–water partition coefficient (Wildman–Crippen LogP) is 3.37. The summed E-state index contributed by atoms with van der Waals surface area (Å²) >= 11 is 0. The topological polar surface area (TPSA) is 26.3 Å². The van der Waals surface area contributed by atoms with Crippen molar-refractivity contribution in [2.24, 2.45) is 5.92 Å². The third kappa shape index (κ3) is 2.66. The van der Waals surface area contributed by atoms with Gasteiger partial charge in [0.05, 0.1) is 18.1 Å². The summed E-state index contributed by atoms with van der Waals surface area (Å²) in [5.41, 5.74) is 0.0978. The summed E-state index contributed by atoms with van der Waals surface area (Å²) in [5.74, 6) is -0.449. The Morgan fingerprint density at radius 3 is 2.44 bits per heavy atom. The first-order chi connectivity index (χ1) is 8.43. The molecule has 0 aromatic heterocycles. The highest BCUT2D eigenvalue weighted by Gasteiger charge is 2.45. The zero-order valence-corrected chi connectivity index (χ0v) is 9.83. The van der Waals surface area contributed by atoms with E-state index in [9.17, 15) is 18.0 Å². The maximum atomic E-state index is 12.4. The van der Waals surface area contributed by atoms with Gasteiger partial charge in [0.25, 0.3) is 0 Å². The third-order valence-electron chi connectivity index (χ3n) is 3.05. The lowest BCUT2D eigenvalue weighted by Gasteiger charge is -2.07. The summed E-state index contributed by atoms with van der Waals surface area (Å²) < 4.78 is 42.0. The molecule has 2 nitrogen and oxygen atoms in total. The van der Waals surface area contributed by atoms with Crippen LogP contribution >= 0.6 is 0 Å². The fraction of sp³-hybridized carbons (Fsp3) is 0.462. The van der Waals surface area contributed by atoms with E-state index in [4.69, 9.17) is 4.74 Å². The standard InChI is InChI=1S/C13H13F3O2/c1-2-18-12(17)11-7-10(11)8-3-5-9(6-4-8)13(14,15)16/h3-6,10-11H,2,7H2,1H3/t10-,11-/m0/s1. The Morgan fingerprint density at radius 1 is 1.33 bits per heavy atom. The van der Waals surface area contributed by atoms with Crippen molar-refractivity contribution in [1.82, 2.24) is 0 Å². The summed E-state index contributed by atoms with van der Waals surface area (Å²) in [7, 11) is 0. The molecule has 1 aliphatic carbocycles. The first-order valence-corrected chi connectivity index (χ1v) is 5.77. The number of hydrogen-bond donors (Lipinski definition) is 0. The van der Waals surface area contributed by atoms with Gasteiger partial charge < -0.3 is 4.74 Å². The molecule has 0 spiro atoms. The summed E-state index contributed by atoms with van der Waals surface area (Å²) in [6.07, 6.45) is -3.66. The van der Waals surface area contributed by atoms with Crippen molar-refractivity contribution in [3.8, 4) is 0 Å². The number of carbonyl (C=O) groups is 1. The number of alkyl halides is 3. The van der Waals surface area contributed by atoms with Crippen molar-refractivity contribution < 1.29 is 22.7 Å². The lowest BCUT2D eigenvalue weighted by Crippen LogP contribution is -2.07. The molecular weight excluding hydrogens is 245 g/mol. The molecule has 0 aliphatic heterocycles. The van der Waals surface area contributed by atoms with E-state index >= 15 is 0 Å². The molecule has 1 aromatic rings. The van der Waals surface area contributed by atoms with E-state index in [0.717, 1.165) is 17.7 Å². The average Bonchev–Trinajstić information content (AvgIpc) is 3.08. The van der Waals surface area contributed by atoms with Gasteiger partial charge >= 0.3 is 12.1 Å². The van der Waals surface area contributed by atoms with E-state index in [1.54, 1.807) is 6.92 Å². The van der Waals surface area contributed by atoms with Crippen LogP contribution in [0.25, 0.3) is 0 Å². The van der Waals surface area contributed by atoms with Gasteiger partial charge in [-0.1, -0.05) is 12.1 Å². The van der Waals surface area contributed by atoms with Gasteiger partial charge in [-0.15, -0.1) is 0 Å². The van der Waals surface area contributed by atoms with Crippen LogP contribution in [0.3, 0.4) is 0 Å². The van der Waals surface area contributed by atoms with Gasteiger partial charge in [0.15, 0.2) is 0 Å². The van der Waals surface area contributed by atoms with Crippen LogP contribution in [0.5, 0.6) is 0 Å². The van der Waals surface area contributed by atoms with Gasteiger partial charge in [0.1, 0.15) is 0 Å². The average molecular weight is 258 g/mol. The number of esters is 1. The molecule has 1 aliphatic rings. The van der Waals surface area contributed by atoms with Gasteiger partial charge in [0, 0.05) is 0 Å². The van der Waals surface area contributed by atoms with E-state index in [1.807, 2.05) is 0 Å². The Balaban J connectivity index is 2.03. The second-order valence-electron chi connectivity index (χ2n) is 4.32. The van der Waals surface area contributed by atoms with Crippen LogP contribution in [0.4, 0.5) is 13.2 Å². The van der Waals surface area contributed by atoms with Gasteiger partial charge in [-0.25, -0.2) is 0 Å². The molecular formula is C13H13F3O2. The molecule has 1 saturated carbocycles. The summed E-state index contributed by atoms with van der Waals surface area (Å²) in [4.78, 5) is 11.4. The Hall–Kier alpha value is -1.52. The Kier molecular flexibility index (Phi) is 3.32. The molecule has 1 fully saturated rings. The van der Waals surface area contributed by atoms with E-state index < -0.39 is 11.7 Å². The Bertz CT molecular complexity index is 437. The minimum atomic E-state index is -4.32. The van der Waals surface area contributed by atoms with Crippen LogP contribution < -0.4 is 0 Å². The summed E-state index contributed by atoms with van der Waals surface area (Å²) in [6.45, 7) is 2.06. The normalized spacial score (nSPS) is 22.7. The highest BCUT2D eigenvalue weighted by atomic mass is 19.4. The molecule has 0 unspecified atom stereocenters. The van der Waals surface area contributed by atoms with Crippen LogP contribution in [0.15, 0.2) is 24.3 Å². The zero-order chi connectivity index (χ0) is 13.3. The number of benzene rings is 1. The largest absolute Gasteiger partial charge is 0.466 e. The van der Waals surface area contributed by atoms with Gasteiger partial charge in [0.2, 0.25) is 0 Å². The zero-order valence-electron chi connectivity index (χ0n) is 9.83. The number of rotatable bonds is 3. The number of carbonyl (C=O) groups excluding carboxylic acids is 1. The third-order valence-corrected chi connectivity index (χ3v) is 3.05. The lowest BCUT2D eigenvalue weighted by atomic mass is 10.1. The van der Waals surface area contributed by atoms with Crippen LogP contribution in [0.2, 0.25) is 0 Å². The van der Waals surface area contributed by atoms with Crippen molar-refractivity contribution >= 4 is 5.97 Å². The maximum Gasteiger partial charge on any atom is 0.416 e. The molecule has 98 valence electrons. The highest BCUT2D eigenvalue weighted by Crippen LogP contribution is 2.48. The molecule has 2 atom stereocenters. The van der Waals surface area contributed by atoms with Crippen LogP contribution in [-0.4, -0.2) is 12.6 Å². The van der Waals surface area contributed by atoms with Crippen LogP contribution in [0.1, 0.15) is 30.4 Å². The van der Waals surface area contributed by atoms with Gasteiger partial charge in [-0.05, 0) is 37.0 Å². The SMILES string of the molecule is CCOC(=O)[C@H]1C[C@H]1c1ccc(C(F)(F)F)cc1. The van der Waals surface area contributed by atoms with E-state index in [-0.39, 0.29) is 17.8 Å². The Labute approximate surface area is 103 Å². The van der Waals surface area contributed by atoms with E-state index in [1.165, 1.54) is 12.1 Å². The summed E-state index contributed by atoms with van der Waals surface area (Å²) in [6, 6.07) is 4.98. The first kappa shape index (κ1) is 12.9. The monoisotopic (exact) mass is 258 g/mol. The molecule has 5 heteroatoms. The van der Waals surface area contributed by atoms with Crippen molar-refractivity contribution in [3.05, 3.63) is 35.4 Å².